The molecule has 0 unspecified atom stereocenters. The zero-order valence-corrected chi connectivity index (χ0v) is 13.2. The third kappa shape index (κ3) is 3.31. The average Bonchev–Trinajstić information content (AvgIpc) is 2.38. The van der Waals surface area contributed by atoms with Crippen LogP contribution in [0.3, 0.4) is 0 Å². The normalized spacial score (nSPS) is 11.4. The third-order valence-electron chi connectivity index (χ3n) is 3.34. The Labute approximate surface area is 127 Å². The Hall–Kier alpha value is -1.55. The number of anilines is 2. The molecule has 0 fully saturated rings. The number of nitrogens with two attached hydrogens (primary N) is 1. The zero-order valence-electron chi connectivity index (χ0n) is 11.6. The highest BCUT2D eigenvalue weighted by Crippen LogP contribution is 2.28. The van der Waals surface area contributed by atoms with Crippen molar-refractivity contribution in [2.75, 3.05) is 17.6 Å². The molecule has 0 saturated heterocycles. The third-order valence-corrected chi connectivity index (χ3v) is 3.83. The van der Waals surface area contributed by atoms with Gasteiger partial charge < -0.3 is 11.1 Å². The lowest BCUT2D eigenvalue weighted by Crippen LogP contribution is -2.29. The first-order valence-electron chi connectivity index (χ1n) is 6.44. The molecule has 4 heteroatoms. The largest absolute Gasteiger partial charge is 0.397 e. The molecule has 0 aliphatic carbocycles. The van der Waals surface area contributed by atoms with E-state index in [-0.39, 0.29) is 11.2 Å². The number of nitrogens with one attached hydrogen (secondary N) is 1. The van der Waals surface area contributed by atoms with E-state index in [1.807, 2.05) is 44.2 Å². The van der Waals surface area contributed by atoms with E-state index in [2.05, 4.69) is 21.2 Å². The number of benzene rings is 2. The van der Waals surface area contributed by atoms with Gasteiger partial charge in [-0.3, -0.25) is 0 Å². The van der Waals surface area contributed by atoms with Gasteiger partial charge in [-0.15, -0.1) is 0 Å². The lowest BCUT2D eigenvalue weighted by molar-refractivity contribution is 0.504. The van der Waals surface area contributed by atoms with Gasteiger partial charge in [-0.2, -0.15) is 0 Å². The smallest absolute Gasteiger partial charge is 0.127 e. The van der Waals surface area contributed by atoms with Crippen LogP contribution in [0, 0.1) is 5.82 Å². The Kier molecular flexibility index (Phi) is 4.33. The summed E-state index contributed by atoms with van der Waals surface area (Å²) in [5.74, 6) is -0.178. The quantitative estimate of drug-likeness (QED) is 0.803. The van der Waals surface area contributed by atoms with Gasteiger partial charge in [-0.25, -0.2) is 4.39 Å². The van der Waals surface area contributed by atoms with Gasteiger partial charge in [0, 0.05) is 16.4 Å². The molecule has 0 amide bonds. The molecule has 0 aliphatic heterocycles. The molecular weight excluding hydrogens is 319 g/mol. The van der Waals surface area contributed by atoms with Crippen molar-refractivity contribution in [3.8, 4) is 0 Å². The molecule has 0 spiro atoms. The second kappa shape index (κ2) is 5.83. The summed E-state index contributed by atoms with van der Waals surface area (Å²) in [4.78, 5) is 0. The summed E-state index contributed by atoms with van der Waals surface area (Å²) in [6.45, 7) is 4.61. The van der Waals surface area contributed by atoms with E-state index in [1.165, 1.54) is 6.07 Å². The molecule has 3 N–H and O–H groups in total. The minimum atomic E-state index is -0.329. The highest BCUT2D eigenvalue weighted by Gasteiger charge is 2.23. The van der Waals surface area contributed by atoms with Crippen molar-refractivity contribution in [3.05, 3.63) is 58.3 Å². The van der Waals surface area contributed by atoms with Crippen molar-refractivity contribution in [2.45, 2.75) is 19.3 Å². The van der Waals surface area contributed by atoms with Crippen LogP contribution < -0.4 is 11.1 Å². The molecule has 0 aliphatic rings. The second-order valence-corrected chi connectivity index (χ2v) is 6.36. The van der Waals surface area contributed by atoms with E-state index in [0.29, 0.717) is 17.8 Å². The fraction of sp³-hybridized carbons (Fsp3) is 0.250. The summed E-state index contributed by atoms with van der Waals surface area (Å²) in [6.07, 6.45) is 0. The first-order chi connectivity index (χ1) is 9.40. The summed E-state index contributed by atoms with van der Waals surface area (Å²) in [7, 11) is 0. The number of hydrogen-bond acceptors (Lipinski definition) is 2. The van der Waals surface area contributed by atoms with Crippen molar-refractivity contribution in [3.63, 3.8) is 0 Å². The van der Waals surface area contributed by atoms with Crippen LogP contribution in [0.15, 0.2) is 46.9 Å². The van der Waals surface area contributed by atoms with Crippen molar-refractivity contribution >= 4 is 27.3 Å². The molecule has 2 rings (SSSR count). The minimum Gasteiger partial charge on any atom is -0.397 e. The SMILES string of the molecule is CC(C)(CNc1ccc(Br)cc1N)c1ccccc1F. The highest BCUT2D eigenvalue weighted by atomic mass is 79.9. The minimum absolute atomic E-state index is 0.178. The van der Waals surface area contributed by atoms with Crippen LogP contribution in [0.5, 0.6) is 0 Å². The fourth-order valence-electron chi connectivity index (χ4n) is 2.12. The van der Waals surface area contributed by atoms with Gasteiger partial charge in [-0.1, -0.05) is 48.0 Å². The first kappa shape index (κ1) is 14.9. The molecule has 106 valence electrons. The summed E-state index contributed by atoms with van der Waals surface area (Å²) in [5, 5.41) is 3.29. The van der Waals surface area contributed by atoms with E-state index in [1.54, 1.807) is 6.07 Å². The zero-order chi connectivity index (χ0) is 14.8. The summed E-state index contributed by atoms with van der Waals surface area (Å²) >= 11 is 3.38. The van der Waals surface area contributed by atoms with E-state index in [9.17, 15) is 4.39 Å². The Morgan fingerprint density at radius 2 is 1.90 bits per heavy atom. The number of hydrogen-bond donors (Lipinski definition) is 2. The molecule has 0 atom stereocenters. The number of rotatable bonds is 4. The highest BCUT2D eigenvalue weighted by molar-refractivity contribution is 9.10. The summed E-state index contributed by atoms with van der Waals surface area (Å²) in [6, 6.07) is 12.6. The van der Waals surface area contributed by atoms with E-state index >= 15 is 0 Å². The average molecular weight is 337 g/mol. The van der Waals surface area contributed by atoms with Gasteiger partial charge in [0.25, 0.3) is 0 Å². The molecular formula is C16H18BrFN2. The van der Waals surface area contributed by atoms with Crippen LogP contribution in [0.2, 0.25) is 0 Å². The van der Waals surface area contributed by atoms with E-state index in [4.69, 9.17) is 5.73 Å². The maximum absolute atomic E-state index is 13.9. The van der Waals surface area contributed by atoms with Crippen LogP contribution in [0.4, 0.5) is 15.8 Å². The Morgan fingerprint density at radius 1 is 1.20 bits per heavy atom. The van der Waals surface area contributed by atoms with Crippen LogP contribution >= 0.6 is 15.9 Å². The molecule has 0 saturated carbocycles. The van der Waals surface area contributed by atoms with E-state index < -0.39 is 0 Å². The fourth-order valence-corrected chi connectivity index (χ4v) is 2.49. The van der Waals surface area contributed by atoms with Crippen LogP contribution in [0.25, 0.3) is 0 Å². The van der Waals surface area contributed by atoms with Crippen LogP contribution in [0.1, 0.15) is 19.4 Å². The molecule has 0 bridgehead atoms. The first-order valence-corrected chi connectivity index (χ1v) is 7.23. The summed E-state index contributed by atoms with van der Waals surface area (Å²) < 4.78 is 14.8. The molecule has 2 aromatic rings. The maximum atomic E-state index is 13.9. The Morgan fingerprint density at radius 3 is 2.55 bits per heavy atom. The van der Waals surface area contributed by atoms with Gasteiger partial charge in [-0.05, 0) is 29.8 Å². The lowest BCUT2D eigenvalue weighted by atomic mass is 9.84. The molecule has 20 heavy (non-hydrogen) atoms. The molecule has 0 radical (unpaired) electrons. The topological polar surface area (TPSA) is 38.0 Å². The predicted octanol–water partition coefficient (Wildman–Crippen LogP) is 4.56. The van der Waals surface area contributed by atoms with Gasteiger partial charge in [0.05, 0.1) is 11.4 Å². The summed E-state index contributed by atoms with van der Waals surface area (Å²) in [5.41, 5.74) is 7.85. The van der Waals surface area contributed by atoms with Gasteiger partial charge in [0.2, 0.25) is 0 Å². The Bertz CT molecular complexity index is 611. The second-order valence-electron chi connectivity index (χ2n) is 5.45. The van der Waals surface area contributed by atoms with Gasteiger partial charge >= 0.3 is 0 Å². The van der Waals surface area contributed by atoms with Crippen molar-refractivity contribution in [2.24, 2.45) is 0 Å². The molecule has 0 aromatic heterocycles. The lowest BCUT2D eigenvalue weighted by Gasteiger charge is -2.27. The molecule has 2 aromatic carbocycles. The van der Waals surface area contributed by atoms with Crippen LogP contribution in [-0.2, 0) is 5.41 Å². The van der Waals surface area contributed by atoms with E-state index in [0.717, 1.165) is 10.2 Å². The number of nitrogen functional groups attached to an aromatic ring is 1. The van der Waals surface area contributed by atoms with Crippen molar-refractivity contribution in [1.82, 2.24) is 0 Å². The number of halogens is 2. The van der Waals surface area contributed by atoms with Crippen molar-refractivity contribution in [1.29, 1.82) is 0 Å². The molecule has 2 nitrogen and oxygen atoms in total. The predicted molar refractivity (Wildman–Crippen MR) is 86.5 cm³/mol. The van der Waals surface area contributed by atoms with Gasteiger partial charge in [0.15, 0.2) is 0 Å². The van der Waals surface area contributed by atoms with Crippen LogP contribution in [-0.4, -0.2) is 6.54 Å². The van der Waals surface area contributed by atoms with Gasteiger partial charge in [0.1, 0.15) is 5.82 Å². The molecule has 0 heterocycles. The Balaban J connectivity index is 2.15. The standard InChI is InChI=1S/C16H18BrFN2/c1-16(2,12-5-3-4-6-13(12)18)10-20-15-8-7-11(17)9-14(15)19/h3-9,20H,10,19H2,1-2H3. The van der Waals surface area contributed by atoms with Crippen molar-refractivity contribution < 1.29 is 4.39 Å². The monoisotopic (exact) mass is 336 g/mol. The maximum Gasteiger partial charge on any atom is 0.127 e.